The van der Waals surface area contributed by atoms with Crippen molar-refractivity contribution in [1.29, 1.82) is 0 Å². The van der Waals surface area contributed by atoms with Crippen molar-refractivity contribution in [2.75, 3.05) is 7.11 Å². The van der Waals surface area contributed by atoms with Gasteiger partial charge < -0.3 is 4.74 Å². The smallest absolute Gasteiger partial charge is 0.119 e. The van der Waals surface area contributed by atoms with Crippen LogP contribution in [0.1, 0.15) is 0 Å². The zero-order chi connectivity index (χ0) is 17.2. The van der Waals surface area contributed by atoms with Crippen molar-refractivity contribution in [3.8, 4) is 28.1 Å². The maximum atomic E-state index is 6.03. The van der Waals surface area contributed by atoms with E-state index < -0.39 is 0 Å². The van der Waals surface area contributed by atoms with Crippen molar-refractivity contribution in [1.82, 2.24) is 4.98 Å². The first kappa shape index (κ1) is 15.7. The molecule has 0 radical (unpaired) electrons. The normalized spacial score (nSPS) is 10.8. The molecule has 0 amide bonds. The van der Waals surface area contributed by atoms with Gasteiger partial charge in [0.1, 0.15) is 5.75 Å². The largest absolute Gasteiger partial charge is 0.497 e. The number of hydrogen-bond acceptors (Lipinski definition) is 2. The number of rotatable bonds is 3. The minimum atomic E-state index is 0.718. The molecule has 0 unspecified atom stereocenters. The quantitative estimate of drug-likeness (QED) is 0.439. The lowest BCUT2D eigenvalue weighted by Gasteiger charge is -2.12. The number of ether oxygens (including phenoxy) is 1. The molecular weight excluding hydrogens is 330 g/mol. The summed E-state index contributed by atoms with van der Waals surface area (Å²) in [6.07, 6.45) is 1.93. The molecule has 3 heteroatoms. The molecule has 4 rings (SSSR count). The summed E-state index contributed by atoms with van der Waals surface area (Å²) < 4.78 is 5.44. The minimum Gasteiger partial charge on any atom is -0.497 e. The van der Waals surface area contributed by atoms with Gasteiger partial charge in [-0.25, -0.2) is 0 Å². The van der Waals surface area contributed by atoms with Crippen LogP contribution in [0.5, 0.6) is 5.75 Å². The Morgan fingerprint density at radius 1 is 0.800 bits per heavy atom. The van der Waals surface area contributed by atoms with Crippen LogP contribution in [0.3, 0.4) is 0 Å². The lowest BCUT2D eigenvalue weighted by Crippen LogP contribution is -1.91. The summed E-state index contributed by atoms with van der Waals surface area (Å²) in [7, 11) is 1.69. The van der Waals surface area contributed by atoms with Crippen molar-refractivity contribution < 1.29 is 4.74 Å². The summed E-state index contributed by atoms with van der Waals surface area (Å²) >= 11 is 6.03. The molecule has 25 heavy (non-hydrogen) atoms. The van der Waals surface area contributed by atoms with Crippen LogP contribution in [0, 0.1) is 0 Å². The van der Waals surface area contributed by atoms with Gasteiger partial charge in [-0.3, -0.25) is 4.98 Å². The van der Waals surface area contributed by atoms with Crippen molar-refractivity contribution >= 4 is 22.4 Å². The Hall–Kier alpha value is -2.84. The van der Waals surface area contributed by atoms with E-state index in [2.05, 4.69) is 24.3 Å². The van der Waals surface area contributed by atoms with Gasteiger partial charge in [0.05, 0.1) is 12.8 Å². The number of benzene rings is 3. The first-order valence-corrected chi connectivity index (χ1v) is 8.42. The highest BCUT2D eigenvalue weighted by molar-refractivity contribution is 6.30. The zero-order valence-corrected chi connectivity index (χ0v) is 14.5. The predicted molar refractivity (Wildman–Crippen MR) is 104 cm³/mol. The molecule has 0 bridgehead atoms. The lowest BCUT2D eigenvalue weighted by molar-refractivity contribution is 0.415. The van der Waals surface area contributed by atoms with Crippen molar-refractivity contribution in [2.45, 2.75) is 0 Å². The molecule has 2 nitrogen and oxygen atoms in total. The number of halogens is 1. The number of fused-ring (bicyclic) bond motifs is 1. The molecule has 0 fully saturated rings. The fourth-order valence-corrected chi connectivity index (χ4v) is 3.16. The van der Waals surface area contributed by atoms with Crippen LogP contribution >= 0.6 is 11.6 Å². The molecule has 0 atom stereocenters. The molecule has 0 aliphatic heterocycles. The minimum absolute atomic E-state index is 0.718. The second-order valence-electron chi connectivity index (χ2n) is 5.80. The van der Waals surface area contributed by atoms with E-state index in [1.807, 2.05) is 54.7 Å². The van der Waals surface area contributed by atoms with Gasteiger partial charge in [0.25, 0.3) is 0 Å². The molecule has 0 saturated heterocycles. The molecule has 0 spiro atoms. The van der Waals surface area contributed by atoms with Gasteiger partial charge in [-0.15, -0.1) is 0 Å². The molecular formula is C22H16ClNO. The lowest BCUT2D eigenvalue weighted by atomic mass is 9.97. The first-order valence-electron chi connectivity index (χ1n) is 8.04. The monoisotopic (exact) mass is 345 g/mol. The average Bonchev–Trinajstić information content (AvgIpc) is 2.68. The first-order chi connectivity index (χ1) is 12.3. The van der Waals surface area contributed by atoms with Crippen molar-refractivity contribution in [2.24, 2.45) is 0 Å². The van der Waals surface area contributed by atoms with Gasteiger partial charge in [-0.2, -0.15) is 0 Å². The van der Waals surface area contributed by atoms with Crippen LogP contribution in [0.2, 0.25) is 5.02 Å². The van der Waals surface area contributed by atoms with Crippen LogP contribution in [-0.2, 0) is 0 Å². The van der Waals surface area contributed by atoms with Gasteiger partial charge >= 0.3 is 0 Å². The SMILES string of the molecule is COc1ccc2c(-c3ccc(Cl)cc3)ncc(-c3ccccc3)c2c1. The van der Waals surface area contributed by atoms with E-state index in [0.717, 1.165) is 43.9 Å². The van der Waals surface area contributed by atoms with E-state index in [0.29, 0.717) is 0 Å². The third kappa shape index (κ3) is 2.97. The predicted octanol–water partition coefficient (Wildman–Crippen LogP) is 6.23. The number of hydrogen-bond donors (Lipinski definition) is 0. The molecule has 4 aromatic rings. The summed E-state index contributed by atoms with van der Waals surface area (Å²) in [6.45, 7) is 0. The fourth-order valence-electron chi connectivity index (χ4n) is 3.03. The number of methoxy groups -OCH3 is 1. The van der Waals surface area contributed by atoms with Gasteiger partial charge in [0.15, 0.2) is 0 Å². The Kier molecular flexibility index (Phi) is 4.12. The van der Waals surface area contributed by atoms with Gasteiger partial charge in [0, 0.05) is 27.7 Å². The summed E-state index contributed by atoms with van der Waals surface area (Å²) in [5.41, 5.74) is 4.20. The maximum Gasteiger partial charge on any atom is 0.119 e. The van der Waals surface area contributed by atoms with Crippen molar-refractivity contribution in [3.05, 3.63) is 84.0 Å². The second kappa shape index (κ2) is 6.58. The van der Waals surface area contributed by atoms with Crippen LogP contribution in [-0.4, -0.2) is 12.1 Å². The van der Waals surface area contributed by atoms with Crippen molar-refractivity contribution in [3.63, 3.8) is 0 Å². The summed E-state index contributed by atoms with van der Waals surface area (Å²) in [4.78, 5) is 4.75. The molecule has 0 N–H and O–H groups in total. The fraction of sp³-hybridized carbons (Fsp3) is 0.0455. The maximum absolute atomic E-state index is 6.03. The van der Waals surface area contributed by atoms with E-state index >= 15 is 0 Å². The van der Waals surface area contributed by atoms with Crippen LogP contribution in [0.25, 0.3) is 33.2 Å². The average molecular weight is 346 g/mol. The van der Waals surface area contributed by atoms with Crippen LogP contribution < -0.4 is 4.74 Å². The topological polar surface area (TPSA) is 22.1 Å². The highest BCUT2D eigenvalue weighted by Gasteiger charge is 2.12. The number of nitrogens with zero attached hydrogens (tertiary/aromatic N) is 1. The van der Waals surface area contributed by atoms with E-state index in [1.165, 1.54) is 0 Å². The summed E-state index contributed by atoms with van der Waals surface area (Å²) in [5.74, 6) is 0.831. The Bertz CT molecular complexity index is 1030. The van der Waals surface area contributed by atoms with Gasteiger partial charge in [0.2, 0.25) is 0 Å². The molecule has 1 heterocycles. The molecule has 0 aliphatic carbocycles. The Labute approximate surface area is 151 Å². The van der Waals surface area contributed by atoms with E-state index in [4.69, 9.17) is 21.3 Å². The second-order valence-corrected chi connectivity index (χ2v) is 6.24. The Balaban J connectivity index is 2.00. The van der Waals surface area contributed by atoms with Crippen LogP contribution in [0.15, 0.2) is 79.0 Å². The highest BCUT2D eigenvalue weighted by atomic mass is 35.5. The molecule has 122 valence electrons. The third-order valence-corrected chi connectivity index (χ3v) is 4.55. The standard InChI is InChI=1S/C22H16ClNO/c1-25-18-11-12-19-20(13-18)21(15-5-3-2-4-6-15)14-24-22(19)16-7-9-17(23)10-8-16/h2-14H,1H3. The molecule has 0 saturated carbocycles. The van der Waals surface area contributed by atoms with E-state index in [1.54, 1.807) is 7.11 Å². The Morgan fingerprint density at radius 3 is 2.28 bits per heavy atom. The van der Waals surface area contributed by atoms with Crippen LogP contribution in [0.4, 0.5) is 0 Å². The number of pyridine rings is 1. The number of aromatic nitrogens is 1. The molecule has 0 aliphatic rings. The highest BCUT2D eigenvalue weighted by Crippen LogP contribution is 2.36. The summed E-state index contributed by atoms with van der Waals surface area (Å²) in [6, 6.07) is 24.2. The van der Waals surface area contributed by atoms with Gasteiger partial charge in [-0.1, -0.05) is 54.1 Å². The zero-order valence-electron chi connectivity index (χ0n) is 13.7. The Morgan fingerprint density at radius 2 is 1.56 bits per heavy atom. The van der Waals surface area contributed by atoms with Gasteiger partial charge in [-0.05, 0) is 41.3 Å². The summed E-state index contributed by atoms with van der Waals surface area (Å²) in [5, 5.41) is 2.92. The molecule has 3 aromatic carbocycles. The molecule has 1 aromatic heterocycles. The van der Waals surface area contributed by atoms with E-state index in [9.17, 15) is 0 Å². The third-order valence-electron chi connectivity index (χ3n) is 4.30. The van der Waals surface area contributed by atoms with E-state index in [-0.39, 0.29) is 0 Å².